The number of nitrogens with zero attached hydrogens (tertiary/aromatic N) is 1. The highest BCUT2D eigenvalue weighted by Crippen LogP contribution is 2.43. The van der Waals surface area contributed by atoms with Gasteiger partial charge in [-0.15, -0.1) is 0 Å². The summed E-state index contributed by atoms with van der Waals surface area (Å²) in [5, 5.41) is 10.3. The lowest BCUT2D eigenvalue weighted by molar-refractivity contribution is -0.136. The average molecular weight is 475 g/mol. The summed E-state index contributed by atoms with van der Waals surface area (Å²) in [6.45, 7) is 3.96. The highest BCUT2D eigenvalue weighted by molar-refractivity contribution is 6.30. The van der Waals surface area contributed by atoms with E-state index in [9.17, 15) is 10.1 Å². The Labute approximate surface area is 203 Å². The summed E-state index contributed by atoms with van der Waals surface area (Å²) < 4.78 is 16.5. The van der Waals surface area contributed by atoms with E-state index in [0.717, 1.165) is 11.1 Å². The van der Waals surface area contributed by atoms with Crippen molar-refractivity contribution >= 4 is 17.6 Å². The molecule has 1 atom stereocenters. The lowest BCUT2D eigenvalue weighted by atomic mass is 9.83. The minimum atomic E-state index is -0.585. The number of fused-ring (bicyclic) bond motifs is 1. The summed E-state index contributed by atoms with van der Waals surface area (Å²) >= 11 is 5.92. The smallest absolute Gasteiger partial charge is 0.349 e. The van der Waals surface area contributed by atoms with Crippen molar-refractivity contribution in [2.75, 3.05) is 6.61 Å². The van der Waals surface area contributed by atoms with Crippen LogP contribution in [0.25, 0.3) is 0 Å². The second kappa shape index (κ2) is 9.90. The van der Waals surface area contributed by atoms with E-state index in [1.807, 2.05) is 12.1 Å². The first-order chi connectivity index (χ1) is 16.4. The van der Waals surface area contributed by atoms with Crippen molar-refractivity contribution in [3.63, 3.8) is 0 Å². The number of carbonyl (C=O) groups excluding carboxylic acids is 1. The Kier molecular flexibility index (Phi) is 6.76. The topological polar surface area (TPSA) is 94.6 Å². The van der Waals surface area contributed by atoms with E-state index >= 15 is 0 Å². The monoisotopic (exact) mass is 474 g/mol. The molecule has 0 spiro atoms. The molecule has 1 aliphatic heterocycles. The molecule has 3 aromatic carbocycles. The molecule has 0 aromatic heterocycles. The summed E-state index contributed by atoms with van der Waals surface area (Å²) in [5.74, 6) is 0.624. The molecule has 172 valence electrons. The van der Waals surface area contributed by atoms with Gasteiger partial charge in [-0.2, -0.15) is 5.26 Å². The van der Waals surface area contributed by atoms with Gasteiger partial charge in [-0.05, 0) is 41.3 Å². The number of allylic oxidation sites excluding steroid dienone is 1. The minimum absolute atomic E-state index is 0.0284. The molecule has 0 fully saturated rings. The average Bonchev–Trinajstić information content (AvgIpc) is 2.82. The van der Waals surface area contributed by atoms with Crippen LogP contribution in [0.1, 0.15) is 42.4 Å². The van der Waals surface area contributed by atoms with Crippen LogP contribution in [0.4, 0.5) is 0 Å². The first-order valence-corrected chi connectivity index (χ1v) is 11.1. The third-order valence-corrected chi connectivity index (χ3v) is 5.75. The van der Waals surface area contributed by atoms with Crippen molar-refractivity contribution in [2.45, 2.75) is 25.7 Å². The van der Waals surface area contributed by atoms with Crippen molar-refractivity contribution in [3.8, 4) is 23.3 Å². The molecule has 0 saturated carbocycles. The number of hydrogen-bond acceptors (Lipinski definition) is 6. The van der Waals surface area contributed by atoms with Gasteiger partial charge < -0.3 is 19.9 Å². The lowest BCUT2D eigenvalue weighted by Crippen LogP contribution is -2.21. The number of nitrogens with two attached hydrogens (primary N) is 1. The zero-order chi connectivity index (χ0) is 24.2. The highest BCUT2D eigenvalue weighted by Gasteiger charge is 2.31. The Hall–Kier alpha value is -3.95. The van der Waals surface area contributed by atoms with E-state index in [1.165, 1.54) is 5.56 Å². The fourth-order valence-electron chi connectivity index (χ4n) is 3.78. The van der Waals surface area contributed by atoms with Crippen molar-refractivity contribution in [3.05, 3.63) is 99.9 Å². The molecule has 34 heavy (non-hydrogen) atoms. The molecule has 1 heterocycles. The first-order valence-electron chi connectivity index (χ1n) is 10.8. The van der Waals surface area contributed by atoms with Gasteiger partial charge >= 0.3 is 5.97 Å². The van der Waals surface area contributed by atoms with Crippen molar-refractivity contribution < 1.29 is 19.0 Å². The fraction of sp³-hybridized carbons (Fsp3) is 0.185. The molecular formula is C27H23ClN2O4. The standard InChI is InChI=1S/C27H23ClN2O4/c1-16(2)17-6-8-18(9-7-17)26-22-11-10-21(13-24(22)34-27(30)23(26)14-29)33-25(31)15-32-20-5-3-4-19(28)12-20/h3-13,16,26H,15,30H2,1-2H3. The molecule has 0 amide bonds. The maximum atomic E-state index is 12.3. The molecule has 0 bridgehead atoms. The van der Waals surface area contributed by atoms with Crippen LogP contribution < -0.4 is 19.9 Å². The molecule has 7 heteroatoms. The van der Waals surface area contributed by atoms with Gasteiger partial charge in [0, 0.05) is 16.7 Å². The van der Waals surface area contributed by atoms with Crippen LogP contribution in [0.2, 0.25) is 5.02 Å². The summed E-state index contributed by atoms with van der Waals surface area (Å²) in [5.41, 5.74) is 9.31. The third-order valence-electron chi connectivity index (χ3n) is 5.51. The van der Waals surface area contributed by atoms with Crippen LogP contribution in [0.3, 0.4) is 0 Å². The highest BCUT2D eigenvalue weighted by atomic mass is 35.5. The van der Waals surface area contributed by atoms with Crippen LogP contribution in [0.15, 0.2) is 78.2 Å². The van der Waals surface area contributed by atoms with E-state index in [2.05, 4.69) is 32.0 Å². The van der Waals surface area contributed by atoms with Crippen molar-refractivity contribution in [2.24, 2.45) is 5.73 Å². The number of hydrogen-bond donors (Lipinski definition) is 1. The summed E-state index contributed by atoms with van der Waals surface area (Å²) in [4.78, 5) is 12.3. The second-order valence-electron chi connectivity index (χ2n) is 8.17. The van der Waals surface area contributed by atoms with Gasteiger partial charge in [0.15, 0.2) is 6.61 Å². The Morgan fingerprint density at radius 3 is 2.56 bits per heavy atom. The van der Waals surface area contributed by atoms with Crippen molar-refractivity contribution in [1.29, 1.82) is 5.26 Å². The van der Waals surface area contributed by atoms with Gasteiger partial charge in [-0.3, -0.25) is 0 Å². The zero-order valence-corrected chi connectivity index (χ0v) is 19.5. The van der Waals surface area contributed by atoms with Gasteiger partial charge in [0.1, 0.15) is 28.9 Å². The third kappa shape index (κ3) is 5.00. The van der Waals surface area contributed by atoms with Crippen LogP contribution >= 0.6 is 11.6 Å². The van der Waals surface area contributed by atoms with E-state index in [0.29, 0.717) is 28.0 Å². The molecule has 0 aliphatic carbocycles. The van der Waals surface area contributed by atoms with Gasteiger partial charge in [0.2, 0.25) is 5.88 Å². The molecule has 2 N–H and O–H groups in total. The molecule has 1 aliphatic rings. The zero-order valence-electron chi connectivity index (χ0n) is 18.7. The van der Waals surface area contributed by atoms with E-state index < -0.39 is 5.97 Å². The number of halogens is 1. The number of rotatable bonds is 6. The van der Waals surface area contributed by atoms with E-state index in [1.54, 1.807) is 42.5 Å². The Morgan fingerprint density at radius 1 is 1.12 bits per heavy atom. The number of esters is 1. The summed E-state index contributed by atoms with van der Waals surface area (Å²) in [6.07, 6.45) is 0. The van der Waals surface area contributed by atoms with Crippen molar-refractivity contribution in [1.82, 2.24) is 0 Å². The van der Waals surface area contributed by atoms with Crippen LogP contribution in [-0.4, -0.2) is 12.6 Å². The largest absolute Gasteiger partial charge is 0.482 e. The predicted molar refractivity (Wildman–Crippen MR) is 129 cm³/mol. The number of ether oxygens (including phenoxy) is 3. The molecule has 1 unspecified atom stereocenters. The molecule has 6 nitrogen and oxygen atoms in total. The first kappa shape index (κ1) is 23.2. The molecular weight excluding hydrogens is 452 g/mol. The van der Waals surface area contributed by atoms with Gasteiger partial charge in [0.25, 0.3) is 0 Å². The summed E-state index contributed by atoms with van der Waals surface area (Å²) in [7, 11) is 0. The maximum absolute atomic E-state index is 12.3. The Morgan fingerprint density at radius 2 is 1.88 bits per heavy atom. The Balaban J connectivity index is 1.55. The van der Waals surface area contributed by atoms with E-state index in [-0.39, 0.29) is 24.2 Å². The minimum Gasteiger partial charge on any atom is -0.482 e. The quantitative estimate of drug-likeness (QED) is 0.365. The molecule has 0 saturated heterocycles. The predicted octanol–water partition coefficient (Wildman–Crippen LogP) is 5.67. The second-order valence-corrected chi connectivity index (χ2v) is 8.60. The van der Waals surface area contributed by atoms with Crippen LogP contribution in [-0.2, 0) is 4.79 Å². The Bertz CT molecular complexity index is 1290. The molecule has 3 aromatic rings. The molecule has 0 radical (unpaired) electrons. The lowest BCUT2D eigenvalue weighted by Gasteiger charge is -2.27. The maximum Gasteiger partial charge on any atom is 0.349 e. The number of carbonyl (C=O) groups is 1. The fourth-order valence-corrected chi connectivity index (χ4v) is 3.96. The number of benzene rings is 3. The van der Waals surface area contributed by atoms with Gasteiger partial charge in [-0.1, -0.05) is 61.8 Å². The van der Waals surface area contributed by atoms with Gasteiger partial charge in [0.05, 0.1) is 5.92 Å². The SMILES string of the molecule is CC(C)c1ccc(C2C(C#N)=C(N)Oc3cc(OC(=O)COc4cccc(Cl)c4)ccc32)cc1. The van der Waals surface area contributed by atoms with Gasteiger partial charge in [-0.25, -0.2) is 4.79 Å². The van der Waals surface area contributed by atoms with Crippen LogP contribution in [0, 0.1) is 11.3 Å². The number of nitriles is 1. The summed E-state index contributed by atoms with van der Waals surface area (Å²) in [6, 6.07) is 22.1. The van der Waals surface area contributed by atoms with E-state index in [4.69, 9.17) is 31.5 Å². The molecule has 4 rings (SSSR count). The normalized spacial score (nSPS) is 14.7. The van der Waals surface area contributed by atoms with Crippen LogP contribution in [0.5, 0.6) is 17.2 Å².